The third-order valence-electron chi connectivity index (χ3n) is 3.01. The summed E-state index contributed by atoms with van der Waals surface area (Å²) in [5.74, 6) is -0.325. The van der Waals surface area contributed by atoms with Crippen molar-refractivity contribution in [2.45, 2.75) is 0 Å². The Morgan fingerprint density at radius 2 is 2.16 bits per heavy atom. The number of nitrogens with zero attached hydrogens (tertiary/aromatic N) is 3. The van der Waals surface area contributed by atoms with Crippen LogP contribution in [0, 0.1) is 0 Å². The number of rotatable bonds is 1. The third-order valence-corrected chi connectivity index (χ3v) is 3.01. The first-order valence-electron chi connectivity index (χ1n) is 6.02. The van der Waals surface area contributed by atoms with Crippen LogP contribution in [-0.4, -0.2) is 46.3 Å². The minimum atomic E-state index is -0.305. The average molecular weight is 256 g/mol. The number of nitrogens with one attached hydrogen (secondary N) is 1. The van der Waals surface area contributed by atoms with Gasteiger partial charge >= 0.3 is 0 Å². The van der Waals surface area contributed by atoms with Crippen molar-refractivity contribution < 1.29 is 9.59 Å². The zero-order valence-electron chi connectivity index (χ0n) is 10.2. The normalized spacial score (nSPS) is 15.4. The molecular formula is C13H12N4O2. The third kappa shape index (κ3) is 2.24. The van der Waals surface area contributed by atoms with Crippen LogP contribution in [0.3, 0.4) is 0 Å². The van der Waals surface area contributed by atoms with E-state index in [2.05, 4.69) is 15.3 Å². The molecule has 1 N–H and O–H groups in total. The number of carbonyl (C=O) groups excluding carboxylic acids is 2. The fourth-order valence-electron chi connectivity index (χ4n) is 2.03. The first-order chi connectivity index (χ1) is 9.24. The molecule has 19 heavy (non-hydrogen) atoms. The van der Waals surface area contributed by atoms with Gasteiger partial charge in [0.25, 0.3) is 5.91 Å². The Morgan fingerprint density at radius 3 is 3.00 bits per heavy atom. The molecule has 1 saturated heterocycles. The molecule has 0 bridgehead atoms. The summed E-state index contributed by atoms with van der Waals surface area (Å²) in [7, 11) is 0. The van der Waals surface area contributed by atoms with Crippen LogP contribution in [0.25, 0.3) is 10.9 Å². The van der Waals surface area contributed by atoms with Gasteiger partial charge in [-0.1, -0.05) is 18.2 Å². The van der Waals surface area contributed by atoms with Crippen LogP contribution < -0.4 is 5.32 Å². The number of hydrogen-bond donors (Lipinski definition) is 1. The maximum absolute atomic E-state index is 12.2. The SMILES string of the molecule is O=C1CN(C(=O)c2ncc3ccccc3n2)CCN1. The van der Waals surface area contributed by atoms with Crippen molar-refractivity contribution in [3.05, 3.63) is 36.3 Å². The van der Waals surface area contributed by atoms with Crippen LogP contribution in [0.1, 0.15) is 10.6 Å². The lowest BCUT2D eigenvalue weighted by atomic mass is 10.2. The number of aromatic nitrogens is 2. The van der Waals surface area contributed by atoms with Crippen molar-refractivity contribution in [1.82, 2.24) is 20.2 Å². The predicted molar refractivity (Wildman–Crippen MR) is 68.5 cm³/mol. The van der Waals surface area contributed by atoms with E-state index in [1.807, 2.05) is 24.3 Å². The molecule has 0 unspecified atom stereocenters. The number of para-hydroxylation sites is 1. The highest BCUT2D eigenvalue weighted by Gasteiger charge is 2.24. The maximum Gasteiger partial charge on any atom is 0.292 e. The number of benzene rings is 1. The Kier molecular flexibility index (Phi) is 2.83. The van der Waals surface area contributed by atoms with Gasteiger partial charge in [-0.25, -0.2) is 9.97 Å². The van der Waals surface area contributed by atoms with Crippen molar-refractivity contribution in [2.24, 2.45) is 0 Å². The van der Waals surface area contributed by atoms with Crippen LogP contribution in [0.2, 0.25) is 0 Å². The molecule has 1 aliphatic heterocycles. The second kappa shape index (κ2) is 4.64. The van der Waals surface area contributed by atoms with Gasteiger partial charge in [-0.05, 0) is 6.07 Å². The van der Waals surface area contributed by atoms with Gasteiger partial charge in [0.15, 0.2) is 0 Å². The van der Waals surface area contributed by atoms with E-state index in [-0.39, 0.29) is 24.2 Å². The fraction of sp³-hybridized carbons (Fsp3) is 0.231. The average Bonchev–Trinajstić information content (AvgIpc) is 2.46. The zero-order valence-corrected chi connectivity index (χ0v) is 10.2. The Hall–Kier alpha value is -2.50. The Bertz CT molecular complexity index is 656. The summed E-state index contributed by atoms with van der Waals surface area (Å²) in [5, 5.41) is 3.56. The fourth-order valence-corrected chi connectivity index (χ4v) is 2.03. The van der Waals surface area contributed by atoms with Gasteiger partial charge in [-0.3, -0.25) is 9.59 Å². The maximum atomic E-state index is 12.2. The highest BCUT2D eigenvalue weighted by atomic mass is 16.2. The lowest BCUT2D eigenvalue weighted by Gasteiger charge is -2.25. The molecule has 1 aromatic carbocycles. The monoisotopic (exact) mass is 256 g/mol. The van der Waals surface area contributed by atoms with Gasteiger partial charge in [-0.15, -0.1) is 0 Å². The lowest BCUT2D eigenvalue weighted by Crippen LogP contribution is -2.50. The summed E-state index contributed by atoms with van der Waals surface area (Å²) in [5.41, 5.74) is 0.724. The largest absolute Gasteiger partial charge is 0.353 e. The van der Waals surface area contributed by atoms with Crippen molar-refractivity contribution in [3.63, 3.8) is 0 Å². The summed E-state index contributed by atoms with van der Waals surface area (Å²) in [6.07, 6.45) is 1.62. The predicted octanol–water partition coefficient (Wildman–Crippen LogP) is 0.202. The van der Waals surface area contributed by atoms with Gasteiger partial charge in [0.1, 0.15) is 6.54 Å². The molecule has 6 heteroatoms. The number of hydrogen-bond acceptors (Lipinski definition) is 4. The van der Waals surface area contributed by atoms with E-state index in [4.69, 9.17) is 0 Å². The van der Waals surface area contributed by atoms with Gasteiger partial charge < -0.3 is 10.2 Å². The Balaban J connectivity index is 1.90. The van der Waals surface area contributed by atoms with Gasteiger partial charge in [0.05, 0.1) is 5.52 Å². The number of carbonyl (C=O) groups is 2. The standard InChI is InChI=1S/C13H12N4O2/c18-11-8-17(6-5-14-11)13(19)12-15-7-9-3-1-2-4-10(9)16-12/h1-4,7H,5-6,8H2,(H,14,18). The molecule has 0 atom stereocenters. The molecule has 0 spiro atoms. The first-order valence-corrected chi connectivity index (χ1v) is 6.02. The molecule has 0 aliphatic carbocycles. The van der Waals surface area contributed by atoms with Crippen molar-refractivity contribution in [3.8, 4) is 0 Å². The molecule has 0 radical (unpaired) electrons. The molecule has 3 rings (SSSR count). The summed E-state index contributed by atoms with van der Waals surface area (Å²) in [6, 6.07) is 7.47. The second-order valence-corrected chi connectivity index (χ2v) is 4.33. The topological polar surface area (TPSA) is 75.2 Å². The van der Waals surface area contributed by atoms with Crippen LogP contribution in [0.15, 0.2) is 30.5 Å². The first kappa shape index (κ1) is 11.6. The van der Waals surface area contributed by atoms with Crippen LogP contribution in [0.5, 0.6) is 0 Å². The van der Waals surface area contributed by atoms with Gasteiger partial charge in [-0.2, -0.15) is 0 Å². The zero-order chi connectivity index (χ0) is 13.2. The quantitative estimate of drug-likeness (QED) is 0.791. The smallest absolute Gasteiger partial charge is 0.292 e. The molecule has 2 aromatic rings. The van der Waals surface area contributed by atoms with E-state index in [1.165, 1.54) is 4.90 Å². The minimum Gasteiger partial charge on any atom is -0.353 e. The van der Waals surface area contributed by atoms with Crippen molar-refractivity contribution in [1.29, 1.82) is 0 Å². The Labute approximate surface area is 109 Å². The minimum absolute atomic E-state index is 0.0645. The van der Waals surface area contributed by atoms with E-state index >= 15 is 0 Å². The highest BCUT2D eigenvalue weighted by molar-refractivity contribution is 5.95. The van der Waals surface area contributed by atoms with Gasteiger partial charge in [0.2, 0.25) is 11.7 Å². The highest BCUT2D eigenvalue weighted by Crippen LogP contribution is 2.11. The van der Waals surface area contributed by atoms with E-state index in [0.29, 0.717) is 13.1 Å². The molecule has 1 aromatic heterocycles. The lowest BCUT2D eigenvalue weighted by molar-refractivity contribution is -0.123. The van der Waals surface area contributed by atoms with Crippen LogP contribution in [0.4, 0.5) is 0 Å². The van der Waals surface area contributed by atoms with Crippen molar-refractivity contribution in [2.75, 3.05) is 19.6 Å². The molecule has 1 fully saturated rings. The molecule has 0 saturated carbocycles. The number of amides is 2. The summed E-state index contributed by atoms with van der Waals surface area (Å²) in [6.45, 7) is 1.02. The molecule has 6 nitrogen and oxygen atoms in total. The molecule has 2 heterocycles. The molecule has 1 aliphatic rings. The van der Waals surface area contributed by atoms with E-state index in [0.717, 1.165) is 10.9 Å². The van der Waals surface area contributed by atoms with E-state index in [1.54, 1.807) is 6.20 Å². The summed E-state index contributed by atoms with van der Waals surface area (Å²) >= 11 is 0. The molecule has 96 valence electrons. The molecule has 2 amide bonds. The summed E-state index contributed by atoms with van der Waals surface area (Å²) in [4.78, 5) is 33.3. The van der Waals surface area contributed by atoms with E-state index in [9.17, 15) is 9.59 Å². The van der Waals surface area contributed by atoms with Gasteiger partial charge in [0, 0.05) is 24.7 Å². The molecular weight excluding hydrogens is 244 g/mol. The number of fused-ring (bicyclic) bond motifs is 1. The number of piperazine rings is 1. The summed E-state index contributed by atoms with van der Waals surface area (Å²) < 4.78 is 0. The second-order valence-electron chi connectivity index (χ2n) is 4.33. The van der Waals surface area contributed by atoms with Crippen LogP contribution >= 0.6 is 0 Å². The van der Waals surface area contributed by atoms with E-state index < -0.39 is 0 Å². The van der Waals surface area contributed by atoms with Crippen LogP contribution in [-0.2, 0) is 4.79 Å². The Morgan fingerprint density at radius 1 is 1.32 bits per heavy atom. The van der Waals surface area contributed by atoms with Crippen molar-refractivity contribution >= 4 is 22.7 Å².